The van der Waals surface area contributed by atoms with Crippen LogP contribution in [0.3, 0.4) is 0 Å². The summed E-state index contributed by atoms with van der Waals surface area (Å²) in [5.74, 6) is 0. The highest BCUT2D eigenvalue weighted by atomic mass is 79.9. The van der Waals surface area contributed by atoms with Crippen LogP contribution in [-0.2, 0) is 14.8 Å². The van der Waals surface area contributed by atoms with E-state index in [1.165, 1.54) is 30.3 Å². The van der Waals surface area contributed by atoms with E-state index in [1.807, 2.05) is 0 Å². The third-order valence-corrected chi connectivity index (χ3v) is 5.81. The predicted octanol–water partition coefficient (Wildman–Crippen LogP) is 4.72. The van der Waals surface area contributed by atoms with E-state index in [0.717, 1.165) is 8.78 Å². The molecule has 122 valence electrons. The number of carbonyl (C=O) groups is 1. The number of rotatable bonds is 5. The zero-order valence-electron chi connectivity index (χ0n) is 11.3. The molecule has 2 rings (SSSR count). The topological polar surface area (TPSA) is 54.5 Å². The Morgan fingerprint density at radius 2 is 1.70 bits per heavy atom. The van der Waals surface area contributed by atoms with Gasteiger partial charge in [-0.25, -0.2) is 8.42 Å². The van der Waals surface area contributed by atoms with Crippen LogP contribution in [0.15, 0.2) is 51.8 Å². The van der Waals surface area contributed by atoms with Gasteiger partial charge in [0, 0.05) is 9.50 Å². The predicted molar refractivity (Wildman–Crippen MR) is 96.0 cm³/mol. The average Bonchev–Trinajstić information content (AvgIpc) is 2.45. The number of hydrogen-bond acceptors (Lipinski definition) is 3. The third-order valence-electron chi connectivity index (χ3n) is 2.85. The number of benzene rings is 2. The molecular weight excluding hydrogens is 448 g/mol. The zero-order valence-corrected chi connectivity index (χ0v) is 16.0. The van der Waals surface area contributed by atoms with Gasteiger partial charge in [0.2, 0.25) is 5.24 Å². The molecule has 0 saturated heterocycles. The molecule has 9 heteroatoms. The largest absolute Gasteiger partial charge is 0.279 e. The summed E-state index contributed by atoms with van der Waals surface area (Å²) in [4.78, 5) is 11.3. The van der Waals surface area contributed by atoms with Crippen molar-refractivity contribution in [2.24, 2.45) is 0 Å². The number of anilines is 1. The lowest BCUT2D eigenvalue weighted by atomic mass is 10.3. The van der Waals surface area contributed by atoms with Crippen molar-refractivity contribution >= 4 is 71.7 Å². The minimum absolute atomic E-state index is 0.00429. The van der Waals surface area contributed by atoms with E-state index in [9.17, 15) is 13.2 Å². The Balaban J connectivity index is 2.57. The summed E-state index contributed by atoms with van der Waals surface area (Å²) in [6.45, 7) is -0.554. The first-order chi connectivity index (χ1) is 10.7. The van der Waals surface area contributed by atoms with Crippen LogP contribution in [0.2, 0.25) is 10.0 Å². The molecule has 0 spiro atoms. The Bertz CT molecular complexity index is 841. The number of hydrogen-bond donors (Lipinski definition) is 0. The number of halogens is 4. The Hall–Kier alpha value is -0.790. The SMILES string of the molecule is O=C(Cl)CN(c1ccc(Cl)cc1Cl)S(=O)(=O)c1ccc(Br)cc1. The van der Waals surface area contributed by atoms with Gasteiger partial charge in [-0.3, -0.25) is 9.10 Å². The Kier molecular flexibility index (Phi) is 5.97. The van der Waals surface area contributed by atoms with Gasteiger partial charge in [0.05, 0.1) is 15.6 Å². The van der Waals surface area contributed by atoms with Crippen LogP contribution >= 0.6 is 50.7 Å². The first-order valence-electron chi connectivity index (χ1n) is 6.13. The standard InChI is InChI=1S/C14H9BrCl3NO3S/c15-9-1-4-11(5-2-9)23(21,22)19(8-14(18)20)13-6-3-10(16)7-12(13)17/h1-7H,8H2. The lowest BCUT2D eigenvalue weighted by molar-refractivity contribution is -0.110. The molecule has 23 heavy (non-hydrogen) atoms. The molecule has 0 aromatic heterocycles. The van der Waals surface area contributed by atoms with E-state index in [1.54, 1.807) is 12.1 Å². The summed E-state index contributed by atoms with van der Waals surface area (Å²) < 4.78 is 27.2. The van der Waals surface area contributed by atoms with Crippen LogP contribution in [0.25, 0.3) is 0 Å². The first kappa shape index (κ1) is 18.5. The van der Waals surface area contributed by atoms with Crippen LogP contribution < -0.4 is 4.31 Å². The number of nitrogens with zero attached hydrogens (tertiary/aromatic N) is 1. The highest BCUT2D eigenvalue weighted by Gasteiger charge is 2.28. The van der Waals surface area contributed by atoms with Crippen molar-refractivity contribution in [3.63, 3.8) is 0 Å². The van der Waals surface area contributed by atoms with Gasteiger partial charge >= 0.3 is 0 Å². The first-order valence-corrected chi connectivity index (χ1v) is 9.50. The molecule has 0 aliphatic carbocycles. The normalized spacial score (nSPS) is 11.3. The molecule has 0 radical (unpaired) electrons. The van der Waals surface area contributed by atoms with Crippen molar-refractivity contribution in [1.82, 2.24) is 0 Å². The maximum absolute atomic E-state index is 12.8. The lowest BCUT2D eigenvalue weighted by Crippen LogP contribution is -2.34. The molecule has 0 unspecified atom stereocenters. The van der Waals surface area contributed by atoms with Crippen molar-refractivity contribution < 1.29 is 13.2 Å². The van der Waals surface area contributed by atoms with Crippen molar-refractivity contribution in [3.8, 4) is 0 Å². The molecule has 0 aliphatic heterocycles. The van der Waals surface area contributed by atoms with Gasteiger partial charge in [0.1, 0.15) is 6.54 Å². The van der Waals surface area contributed by atoms with Gasteiger partial charge in [0.15, 0.2) is 0 Å². The maximum Gasteiger partial charge on any atom is 0.264 e. The van der Waals surface area contributed by atoms with Gasteiger partial charge in [-0.15, -0.1) is 0 Å². The van der Waals surface area contributed by atoms with Crippen molar-refractivity contribution in [1.29, 1.82) is 0 Å². The second-order valence-corrected chi connectivity index (χ2v) is 8.46. The van der Waals surface area contributed by atoms with Crippen molar-refractivity contribution in [2.75, 3.05) is 10.8 Å². The summed E-state index contributed by atoms with van der Waals surface area (Å²) in [5, 5.41) is -0.398. The molecule has 0 heterocycles. The fraction of sp³-hybridized carbons (Fsp3) is 0.0714. The van der Waals surface area contributed by atoms with Gasteiger partial charge in [-0.05, 0) is 54.1 Å². The highest BCUT2D eigenvalue weighted by molar-refractivity contribution is 9.10. The van der Waals surface area contributed by atoms with E-state index >= 15 is 0 Å². The molecule has 2 aromatic rings. The zero-order chi connectivity index (χ0) is 17.2. The van der Waals surface area contributed by atoms with Crippen LogP contribution in [0.1, 0.15) is 0 Å². The highest BCUT2D eigenvalue weighted by Crippen LogP contribution is 2.33. The van der Waals surface area contributed by atoms with Gasteiger partial charge < -0.3 is 0 Å². The van der Waals surface area contributed by atoms with Gasteiger partial charge in [0.25, 0.3) is 10.0 Å². The summed E-state index contributed by atoms with van der Waals surface area (Å²) in [6, 6.07) is 10.3. The Labute approximate surface area is 157 Å². The monoisotopic (exact) mass is 455 g/mol. The lowest BCUT2D eigenvalue weighted by Gasteiger charge is -2.24. The smallest absolute Gasteiger partial charge is 0.264 e. The minimum atomic E-state index is -4.02. The molecular formula is C14H9BrCl3NO3S. The van der Waals surface area contributed by atoms with E-state index < -0.39 is 21.8 Å². The van der Waals surface area contributed by atoms with Gasteiger partial charge in [-0.2, -0.15) is 0 Å². The number of carbonyl (C=O) groups excluding carboxylic acids is 1. The van der Waals surface area contributed by atoms with Crippen LogP contribution in [0, 0.1) is 0 Å². The van der Waals surface area contributed by atoms with E-state index in [0.29, 0.717) is 5.02 Å². The molecule has 0 aliphatic rings. The minimum Gasteiger partial charge on any atom is -0.279 e. The van der Waals surface area contributed by atoms with E-state index in [-0.39, 0.29) is 15.6 Å². The summed E-state index contributed by atoms with van der Waals surface area (Å²) in [7, 11) is -4.02. The molecule has 0 fully saturated rings. The second kappa shape index (κ2) is 7.40. The second-order valence-electron chi connectivity index (χ2n) is 4.42. The maximum atomic E-state index is 12.8. The van der Waals surface area contributed by atoms with Crippen LogP contribution in [0.4, 0.5) is 5.69 Å². The summed E-state index contributed by atoms with van der Waals surface area (Å²) in [5.41, 5.74) is 0.119. The Morgan fingerprint density at radius 1 is 1.09 bits per heavy atom. The van der Waals surface area contributed by atoms with E-state index in [2.05, 4.69) is 15.9 Å². The number of sulfonamides is 1. The average molecular weight is 458 g/mol. The van der Waals surface area contributed by atoms with Crippen molar-refractivity contribution in [3.05, 3.63) is 57.0 Å². The van der Waals surface area contributed by atoms with Crippen LogP contribution in [0.5, 0.6) is 0 Å². The fourth-order valence-corrected chi connectivity index (χ4v) is 4.29. The summed E-state index contributed by atoms with van der Waals surface area (Å²) in [6.07, 6.45) is 0. The molecule has 0 atom stereocenters. The molecule has 0 N–H and O–H groups in total. The summed E-state index contributed by atoms with van der Waals surface area (Å²) >= 11 is 20.5. The van der Waals surface area contributed by atoms with Gasteiger partial charge in [-0.1, -0.05) is 39.1 Å². The molecule has 0 bridgehead atoms. The van der Waals surface area contributed by atoms with E-state index in [4.69, 9.17) is 34.8 Å². The third kappa shape index (κ3) is 4.39. The molecule has 4 nitrogen and oxygen atoms in total. The molecule has 0 amide bonds. The van der Waals surface area contributed by atoms with Crippen molar-refractivity contribution in [2.45, 2.75) is 4.90 Å². The fourth-order valence-electron chi connectivity index (χ4n) is 1.83. The quantitative estimate of drug-likeness (QED) is 0.611. The van der Waals surface area contributed by atoms with Crippen LogP contribution in [-0.4, -0.2) is 20.2 Å². The Morgan fingerprint density at radius 3 is 2.22 bits per heavy atom. The molecule has 2 aromatic carbocycles. The molecule has 0 saturated carbocycles.